The predicted molar refractivity (Wildman–Crippen MR) is 125 cm³/mol. The first-order chi connectivity index (χ1) is 15.8. The highest BCUT2D eigenvalue weighted by atomic mass is 16.5. The lowest BCUT2D eigenvalue weighted by Gasteiger charge is -2.27. The van der Waals surface area contributed by atoms with E-state index in [1.807, 2.05) is 12.1 Å². The second kappa shape index (κ2) is 10.6. The maximum absolute atomic E-state index is 12.3. The van der Waals surface area contributed by atoms with Crippen molar-refractivity contribution in [1.82, 2.24) is 5.43 Å². The number of amides is 3. The van der Waals surface area contributed by atoms with Crippen LogP contribution in [0.3, 0.4) is 0 Å². The van der Waals surface area contributed by atoms with E-state index < -0.39 is 18.5 Å². The first-order valence-corrected chi connectivity index (χ1v) is 10.8. The number of hydrogen-bond acceptors (Lipinski definition) is 6. The van der Waals surface area contributed by atoms with E-state index in [2.05, 4.69) is 36.4 Å². The molecule has 9 heteroatoms. The summed E-state index contributed by atoms with van der Waals surface area (Å²) in [6.07, 6.45) is 0.281. The van der Waals surface area contributed by atoms with Crippen LogP contribution in [0.5, 0.6) is 0 Å². The molecule has 0 aliphatic carbocycles. The first kappa shape index (κ1) is 23.8. The van der Waals surface area contributed by atoms with Gasteiger partial charge in [-0.1, -0.05) is 0 Å². The molecule has 0 atom stereocenters. The molecule has 0 radical (unpaired) electrons. The molecule has 0 saturated carbocycles. The maximum Gasteiger partial charge on any atom is 0.338 e. The van der Waals surface area contributed by atoms with Crippen LogP contribution in [-0.2, 0) is 19.1 Å². The molecule has 174 valence electrons. The number of rotatable bonds is 8. The molecule has 0 aromatic heterocycles. The van der Waals surface area contributed by atoms with E-state index in [0.717, 1.165) is 17.2 Å². The second-order valence-corrected chi connectivity index (χ2v) is 7.86. The van der Waals surface area contributed by atoms with Gasteiger partial charge in [-0.05, 0) is 69.3 Å². The van der Waals surface area contributed by atoms with Gasteiger partial charge in [-0.25, -0.2) is 9.80 Å². The molecule has 2 aromatic rings. The lowest BCUT2D eigenvalue weighted by atomic mass is 10.2. The van der Waals surface area contributed by atoms with Gasteiger partial charge in [0.05, 0.1) is 11.3 Å². The summed E-state index contributed by atoms with van der Waals surface area (Å²) in [7, 11) is 0. The summed E-state index contributed by atoms with van der Waals surface area (Å²) in [5.74, 6) is -1.61. The van der Waals surface area contributed by atoms with E-state index >= 15 is 0 Å². The van der Waals surface area contributed by atoms with Gasteiger partial charge in [0.2, 0.25) is 11.8 Å². The van der Waals surface area contributed by atoms with Gasteiger partial charge in [0, 0.05) is 36.8 Å². The molecule has 1 aliphatic heterocycles. The zero-order valence-electron chi connectivity index (χ0n) is 19.0. The van der Waals surface area contributed by atoms with Crippen LogP contribution in [0.25, 0.3) is 0 Å². The maximum atomic E-state index is 12.3. The molecule has 2 N–H and O–H groups in total. The fourth-order valence-electron chi connectivity index (χ4n) is 3.52. The quantitative estimate of drug-likeness (QED) is 0.597. The van der Waals surface area contributed by atoms with Crippen LogP contribution < -0.4 is 20.7 Å². The molecule has 0 unspecified atom stereocenters. The first-order valence-electron chi connectivity index (χ1n) is 10.8. The lowest BCUT2D eigenvalue weighted by Crippen LogP contribution is -2.50. The minimum atomic E-state index is -0.670. The molecule has 3 amide bonds. The van der Waals surface area contributed by atoms with Crippen molar-refractivity contribution in [2.24, 2.45) is 0 Å². The van der Waals surface area contributed by atoms with Crippen LogP contribution >= 0.6 is 0 Å². The fourth-order valence-corrected chi connectivity index (χ4v) is 3.52. The van der Waals surface area contributed by atoms with E-state index in [9.17, 15) is 19.2 Å². The van der Waals surface area contributed by atoms with Gasteiger partial charge in [0.15, 0.2) is 6.61 Å². The Hall–Kier alpha value is -3.88. The highest BCUT2D eigenvalue weighted by Gasteiger charge is 2.24. The van der Waals surface area contributed by atoms with Crippen LogP contribution in [0.4, 0.5) is 17.1 Å². The van der Waals surface area contributed by atoms with Crippen molar-refractivity contribution in [2.75, 3.05) is 28.4 Å². The van der Waals surface area contributed by atoms with Crippen molar-refractivity contribution in [3.63, 3.8) is 0 Å². The monoisotopic (exact) mass is 452 g/mol. The third kappa shape index (κ3) is 6.09. The van der Waals surface area contributed by atoms with E-state index in [0.29, 0.717) is 17.4 Å². The van der Waals surface area contributed by atoms with Crippen molar-refractivity contribution >= 4 is 40.8 Å². The van der Waals surface area contributed by atoms with Gasteiger partial charge < -0.3 is 15.0 Å². The number of hydrogen-bond donors (Lipinski definition) is 2. The molecule has 0 spiro atoms. The number of nitrogens with zero attached hydrogens (tertiary/aromatic N) is 2. The molecule has 9 nitrogen and oxygen atoms in total. The van der Waals surface area contributed by atoms with Crippen molar-refractivity contribution in [3.05, 3.63) is 54.1 Å². The van der Waals surface area contributed by atoms with Crippen LogP contribution in [0, 0.1) is 0 Å². The minimum Gasteiger partial charge on any atom is -0.452 e. The lowest BCUT2D eigenvalue weighted by molar-refractivity contribution is -0.130. The average Bonchev–Trinajstić information content (AvgIpc) is 2.80. The molecule has 0 bridgehead atoms. The van der Waals surface area contributed by atoms with E-state index in [1.165, 1.54) is 24.3 Å². The van der Waals surface area contributed by atoms with E-state index in [1.54, 1.807) is 12.1 Å². The summed E-state index contributed by atoms with van der Waals surface area (Å²) in [6, 6.07) is 13.8. The molecular formula is C24H28N4O5. The Labute approximate surface area is 192 Å². The normalized spacial score (nSPS) is 13.5. The molecule has 1 heterocycles. The number of esters is 1. The van der Waals surface area contributed by atoms with Crippen LogP contribution in [0.1, 0.15) is 44.0 Å². The highest BCUT2D eigenvalue weighted by Crippen LogP contribution is 2.20. The summed E-state index contributed by atoms with van der Waals surface area (Å²) in [5, 5.41) is 3.86. The smallest absolute Gasteiger partial charge is 0.338 e. The van der Waals surface area contributed by atoms with Gasteiger partial charge in [0.1, 0.15) is 0 Å². The Morgan fingerprint density at radius 1 is 1.06 bits per heavy atom. The Bertz CT molecular complexity index is 1020. The number of benzene rings is 2. The molecule has 1 saturated heterocycles. The van der Waals surface area contributed by atoms with Crippen LogP contribution in [-0.4, -0.2) is 42.9 Å². The van der Waals surface area contributed by atoms with E-state index in [4.69, 9.17) is 4.74 Å². The zero-order valence-corrected chi connectivity index (χ0v) is 19.0. The van der Waals surface area contributed by atoms with Gasteiger partial charge in [0.25, 0.3) is 5.91 Å². The SMILES string of the molecule is CCN(c1ccc(NC(=O)COC(=O)c2ccc(N3NC(=O)CCC3=O)cc2)cc1)C(C)C. The summed E-state index contributed by atoms with van der Waals surface area (Å²) in [5.41, 5.74) is 4.81. The standard InChI is InChI=1S/C24H28N4O5/c1-4-27(16(2)3)19-11-7-18(8-12-19)25-22(30)15-33-24(32)17-5-9-20(10-6-17)28-23(31)14-13-21(29)26-28/h5-12,16H,4,13-15H2,1-3H3,(H,25,30)(H,26,29). The second-order valence-electron chi connectivity index (χ2n) is 7.86. The van der Waals surface area contributed by atoms with Gasteiger partial charge in [-0.3, -0.25) is 19.8 Å². The average molecular weight is 453 g/mol. The number of nitrogens with one attached hydrogen (secondary N) is 2. The number of carbonyl (C=O) groups is 4. The van der Waals surface area contributed by atoms with E-state index in [-0.39, 0.29) is 30.2 Å². The molecule has 2 aromatic carbocycles. The van der Waals surface area contributed by atoms with Crippen molar-refractivity contribution < 1.29 is 23.9 Å². The van der Waals surface area contributed by atoms with Crippen molar-refractivity contribution in [3.8, 4) is 0 Å². The fraction of sp³-hybridized carbons (Fsp3) is 0.333. The Morgan fingerprint density at radius 3 is 2.33 bits per heavy atom. The van der Waals surface area contributed by atoms with Gasteiger partial charge in [-0.15, -0.1) is 0 Å². The molecule has 3 rings (SSSR count). The summed E-state index contributed by atoms with van der Waals surface area (Å²) in [4.78, 5) is 50.1. The summed E-state index contributed by atoms with van der Waals surface area (Å²) >= 11 is 0. The largest absolute Gasteiger partial charge is 0.452 e. The van der Waals surface area contributed by atoms with Crippen LogP contribution in [0.2, 0.25) is 0 Å². The number of ether oxygens (including phenoxy) is 1. The molecule has 1 aliphatic rings. The van der Waals surface area contributed by atoms with Crippen molar-refractivity contribution in [1.29, 1.82) is 0 Å². The van der Waals surface area contributed by atoms with Crippen LogP contribution in [0.15, 0.2) is 48.5 Å². The molecular weight excluding hydrogens is 424 g/mol. The zero-order chi connectivity index (χ0) is 24.0. The van der Waals surface area contributed by atoms with Crippen molar-refractivity contribution in [2.45, 2.75) is 39.7 Å². The highest BCUT2D eigenvalue weighted by molar-refractivity contribution is 6.01. The minimum absolute atomic E-state index is 0.127. The van der Waals surface area contributed by atoms with Gasteiger partial charge in [-0.2, -0.15) is 0 Å². The number of carbonyl (C=O) groups excluding carboxylic acids is 4. The number of hydrazine groups is 1. The topological polar surface area (TPSA) is 108 Å². The predicted octanol–water partition coefficient (Wildman–Crippen LogP) is 2.87. The number of anilines is 3. The Kier molecular flexibility index (Phi) is 7.66. The van der Waals surface area contributed by atoms with Gasteiger partial charge >= 0.3 is 5.97 Å². The third-order valence-corrected chi connectivity index (χ3v) is 5.19. The summed E-state index contributed by atoms with van der Waals surface area (Å²) in [6.45, 7) is 6.76. The third-order valence-electron chi connectivity index (χ3n) is 5.19. The Morgan fingerprint density at radius 2 is 1.73 bits per heavy atom. The molecule has 33 heavy (non-hydrogen) atoms. The molecule has 1 fully saturated rings. The Balaban J connectivity index is 1.51. The summed E-state index contributed by atoms with van der Waals surface area (Å²) < 4.78 is 5.09.